The largest absolute Gasteiger partial charge is 0.320 e. The van der Waals surface area contributed by atoms with Crippen LogP contribution in [0.4, 0.5) is 15.8 Å². The van der Waals surface area contributed by atoms with E-state index in [-0.39, 0.29) is 11.4 Å². The predicted octanol–water partition coefficient (Wildman–Crippen LogP) is 1.86. The van der Waals surface area contributed by atoms with Crippen molar-refractivity contribution in [1.82, 2.24) is 0 Å². The van der Waals surface area contributed by atoms with E-state index in [0.29, 0.717) is 0 Å². The lowest BCUT2D eigenvalue weighted by molar-refractivity contribution is -0.385. The zero-order chi connectivity index (χ0) is 11.4. The highest BCUT2D eigenvalue weighted by Crippen LogP contribution is 2.20. The molecule has 0 atom stereocenters. The second-order valence-electron chi connectivity index (χ2n) is 2.61. The van der Waals surface area contributed by atoms with E-state index in [1.807, 2.05) is 0 Å². The Morgan fingerprint density at radius 2 is 2.27 bits per heavy atom. The number of rotatable bonds is 3. The van der Waals surface area contributed by atoms with Crippen LogP contribution in [0.2, 0.25) is 0 Å². The van der Waals surface area contributed by atoms with E-state index in [9.17, 15) is 19.3 Å². The van der Waals surface area contributed by atoms with Gasteiger partial charge in [-0.3, -0.25) is 14.9 Å². The van der Waals surface area contributed by atoms with Gasteiger partial charge in [-0.1, -0.05) is 6.58 Å². The molecule has 0 radical (unpaired) electrons. The molecule has 0 aliphatic rings. The maximum Gasteiger partial charge on any atom is 0.272 e. The molecule has 0 aliphatic heterocycles. The minimum absolute atomic E-state index is 0.120. The number of anilines is 1. The number of hydrogen-bond donors (Lipinski definition) is 1. The van der Waals surface area contributed by atoms with Crippen LogP contribution in [0.5, 0.6) is 0 Å². The number of benzene rings is 1. The number of carbonyl (C=O) groups excluding carboxylic acids is 1. The molecule has 0 spiro atoms. The molecule has 5 nitrogen and oxygen atoms in total. The van der Waals surface area contributed by atoms with Gasteiger partial charge in [-0.2, -0.15) is 0 Å². The first kappa shape index (κ1) is 10.8. The van der Waals surface area contributed by atoms with Crippen LogP contribution in [0, 0.1) is 15.9 Å². The number of carbonyl (C=O) groups is 1. The summed E-state index contributed by atoms with van der Waals surface area (Å²) in [7, 11) is 0. The van der Waals surface area contributed by atoms with Crippen LogP contribution in [-0.4, -0.2) is 10.8 Å². The molecule has 0 fully saturated rings. The van der Waals surface area contributed by atoms with Crippen LogP contribution >= 0.6 is 0 Å². The van der Waals surface area contributed by atoms with Crippen molar-refractivity contribution < 1.29 is 14.1 Å². The van der Waals surface area contributed by atoms with Crippen molar-refractivity contribution in [2.45, 2.75) is 0 Å². The molecular weight excluding hydrogens is 203 g/mol. The molecule has 0 heterocycles. The van der Waals surface area contributed by atoms with Crippen LogP contribution in [0.15, 0.2) is 30.9 Å². The van der Waals surface area contributed by atoms with Gasteiger partial charge < -0.3 is 5.32 Å². The maximum absolute atomic E-state index is 13.2. The molecule has 0 aliphatic carbocycles. The highest BCUT2D eigenvalue weighted by atomic mass is 19.1. The van der Waals surface area contributed by atoms with Gasteiger partial charge in [0.25, 0.3) is 5.69 Å². The Labute approximate surface area is 84.4 Å². The van der Waals surface area contributed by atoms with Crippen molar-refractivity contribution in [3.63, 3.8) is 0 Å². The molecule has 1 amide bonds. The molecule has 0 saturated heterocycles. The fourth-order valence-electron chi connectivity index (χ4n) is 0.903. The number of halogens is 1. The van der Waals surface area contributed by atoms with E-state index in [0.717, 1.165) is 24.3 Å². The fraction of sp³-hybridized carbons (Fsp3) is 0. The first-order valence-corrected chi connectivity index (χ1v) is 3.92. The molecule has 0 aromatic heterocycles. The molecular formula is C9H7FN2O3. The second-order valence-corrected chi connectivity index (χ2v) is 2.61. The molecule has 78 valence electrons. The average molecular weight is 210 g/mol. The smallest absolute Gasteiger partial charge is 0.272 e. The quantitative estimate of drug-likeness (QED) is 0.470. The van der Waals surface area contributed by atoms with E-state index >= 15 is 0 Å². The Balaban J connectivity index is 2.98. The summed E-state index contributed by atoms with van der Waals surface area (Å²) in [6, 6.07) is 2.95. The number of nitrogens with one attached hydrogen (secondary N) is 1. The molecule has 1 aromatic rings. The van der Waals surface area contributed by atoms with Gasteiger partial charge in [0.2, 0.25) is 5.91 Å². The highest BCUT2D eigenvalue weighted by molar-refractivity contribution is 5.98. The van der Waals surface area contributed by atoms with Gasteiger partial charge >= 0.3 is 0 Å². The Hall–Kier alpha value is -2.24. The number of nitro benzene ring substituents is 1. The van der Waals surface area contributed by atoms with Crippen LogP contribution < -0.4 is 5.32 Å². The summed E-state index contributed by atoms with van der Waals surface area (Å²) in [5.74, 6) is -1.44. The van der Waals surface area contributed by atoms with E-state index in [1.54, 1.807) is 0 Å². The average Bonchev–Trinajstić information content (AvgIpc) is 2.20. The maximum atomic E-state index is 13.2. The lowest BCUT2D eigenvalue weighted by Crippen LogP contribution is -2.08. The molecule has 0 bridgehead atoms. The van der Waals surface area contributed by atoms with E-state index in [4.69, 9.17) is 0 Å². The van der Waals surface area contributed by atoms with Gasteiger partial charge in [0, 0.05) is 6.07 Å². The minimum atomic E-state index is -0.862. The summed E-state index contributed by atoms with van der Waals surface area (Å²) < 4.78 is 13.2. The lowest BCUT2D eigenvalue weighted by atomic mass is 10.2. The molecule has 1 aromatic carbocycles. The minimum Gasteiger partial charge on any atom is -0.320 e. The van der Waals surface area contributed by atoms with Gasteiger partial charge in [0.1, 0.15) is 0 Å². The zero-order valence-electron chi connectivity index (χ0n) is 7.57. The Morgan fingerprint density at radius 3 is 2.73 bits per heavy atom. The van der Waals surface area contributed by atoms with Gasteiger partial charge in [0.15, 0.2) is 5.82 Å². The molecule has 0 saturated carbocycles. The van der Waals surface area contributed by atoms with Crippen molar-refractivity contribution in [1.29, 1.82) is 0 Å². The number of hydrogen-bond acceptors (Lipinski definition) is 3. The third-order valence-corrected chi connectivity index (χ3v) is 1.61. The van der Waals surface area contributed by atoms with Crippen LogP contribution in [0.1, 0.15) is 0 Å². The third kappa shape index (κ3) is 2.60. The highest BCUT2D eigenvalue weighted by Gasteiger charge is 2.11. The Morgan fingerprint density at radius 1 is 1.60 bits per heavy atom. The summed E-state index contributed by atoms with van der Waals surface area (Å²) in [4.78, 5) is 20.4. The second kappa shape index (κ2) is 4.32. The van der Waals surface area contributed by atoms with Gasteiger partial charge in [-0.15, -0.1) is 0 Å². The van der Waals surface area contributed by atoms with E-state index in [2.05, 4.69) is 11.9 Å². The lowest BCUT2D eigenvalue weighted by Gasteiger charge is -2.02. The number of nitro groups is 1. The van der Waals surface area contributed by atoms with Crippen LogP contribution in [0.25, 0.3) is 0 Å². The predicted molar refractivity (Wildman–Crippen MR) is 51.9 cm³/mol. The number of nitrogens with zero attached hydrogens (tertiary/aromatic N) is 1. The van der Waals surface area contributed by atoms with Crippen molar-refractivity contribution >= 4 is 17.3 Å². The SMILES string of the molecule is C=CC(=O)Nc1ccc([N+](=O)[O-])cc1F. The van der Waals surface area contributed by atoms with Crippen molar-refractivity contribution in [2.75, 3.05) is 5.32 Å². The molecule has 0 unspecified atom stereocenters. The summed E-state index contributed by atoms with van der Waals surface area (Å²) in [6.45, 7) is 3.19. The summed E-state index contributed by atoms with van der Waals surface area (Å²) in [5, 5.41) is 12.4. The third-order valence-electron chi connectivity index (χ3n) is 1.61. The van der Waals surface area contributed by atoms with E-state index < -0.39 is 16.6 Å². The first-order valence-electron chi connectivity index (χ1n) is 3.92. The molecule has 6 heteroatoms. The summed E-state index contributed by atoms with van der Waals surface area (Å²) in [5.41, 5.74) is -0.491. The van der Waals surface area contributed by atoms with Gasteiger partial charge in [-0.25, -0.2) is 4.39 Å². The van der Waals surface area contributed by atoms with Crippen molar-refractivity contribution in [3.8, 4) is 0 Å². The van der Waals surface area contributed by atoms with Crippen molar-refractivity contribution in [3.05, 3.63) is 46.8 Å². The summed E-state index contributed by atoms with van der Waals surface area (Å²) >= 11 is 0. The van der Waals surface area contributed by atoms with Gasteiger partial charge in [-0.05, 0) is 12.1 Å². The van der Waals surface area contributed by atoms with Gasteiger partial charge in [0.05, 0.1) is 16.7 Å². The molecule has 1 rings (SSSR count). The number of non-ortho nitro benzene ring substituents is 1. The first-order chi connectivity index (χ1) is 7.04. The summed E-state index contributed by atoms with van der Waals surface area (Å²) in [6.07, 6.45) is 0.973. The standard InChI is InChI=1S/C9H7FN2O3/c1-2-9(13)11-8-4-3-6(12(14)15)5-7(8)10/h2-5H,1H2,(H,11,13). The Kier molecular flexibility index (Phi) is 3.12. The molecule has 15 heavy (non-hydrogen) atoms. The molecule has 1 N–H and O–H groups in total. The Bertz CT molecular complexity index is 431. The van der Waals surface area contributed by atoms with Crippen LogP contribution in [-0.2, 0) is 4.79 Å². The fourth-order valence-corrected chi connectivity index (χ4v) is 0.903. The van der Waals surface area contributed by atoms with E-state index in [1.165, 1.54) is 0 Å². The van der Waals surface area contributed by atoms with Crippen LogP contribution in [0.3, 0.4) is 0 Å². The zero-order valence-corrected chi connectivity index (χ0v) is 7.57. The monoisotopic (exact) mass is 210 g/mol. The topological polar surface area (TPSA) is 72.2 Å². The van der Waals surface area contributed by atoms with Crippen molar-refractivity contribution in [2.24, 2.45) is 0 Å². The number of amides is 1. The normalized spacial score (nSPS) is 9.40.